The van der Waals surface area contributed by atoms with Gasteiger partial charge in [-0.05, 0) is 17.0 Å². The molecule has 2 heteroatoms. The third-order valence-corrected chi connectivity index (χ3v) is 1.95. The standard InChI is InChI=1S/C11H15NO.CH4/c1-11(2,3)9-6-4-5-7-10(9)12-8-13;/h4-8H,1-3H3,(H,12,13);1H4. The second kappa shape index (κ2) is 4.80. The Hall–Kier alpha value is -1.31. The van der Waals surface area contributed by atoms with Crippen molar-refractivity contribution < 1.29 is 4.79 Å². The third kappa shape index (κ3) is 2.87. The van der Waals surface area contributed by atoms with Crippen molar-refractivity contribution in [3.63, 3.8) is 0 Å². The van der Waals surface area contributed by atoms with E-state index in [1.54, 1.807) is 0 Å². The van der Waals surface area contributed by atoms with Gasteiger partial charge in [0.1, 0.15) is 0 Å². The zero-order valence-electron chi connectivity index (χ0n) is 8.29. The van der Waals surface area contributed by atoms with E-state index < -0.39 is 0 Å². The normalized spacial score (nSPS) is 10.2. The van der Waals surface area contributed by atoms with Crippen LogP contribution in [-0.4, -0.2) is 6.41 Å². The summed E-state index contributed by atoms with van der Waals surface area (Å²) in [6, 6.07) is 7.85. The molecular formula is C12H19NO. The minimum absolute atomic E-state index is 0. The van der Waals surface area contributed by atoms with Gasteiger partial charge in [0.25, 0.3) is 0 Å². The number of hydrogen-bond acceptors (Lipinski definition) is 1. The molecule has 1 rings (SSSR count). The molecule has 0 unspecified atom stereocenters. The molecule has 1 N–H and O–H groups in total. The molecule has 0 aliphatic heterocycles. The summed E-state index contributed by atoms with van der Waals surface area (Å²) in [6.45, 7) is 6.37. The van der Waals surface area contributed by atoms with E-state index in [1.165, 1.54) is 0 Å². The van der Waals surface area contributed by atoms with Crippen LogP contribution in [0, 0.1) is 0 Å². The Morgan fingerprint density at radius 1 is 1.21 bits per heavy atom. The summed E-state index contributed by atoms with van der Waals surface area (Å²) in [6.07, 6.45) is 0.713. The summed E-state index contributed by atoms with van der Waals surface area (Å²) >= 11 is 0. The molecule has 0 saturated heterocycles. The summed E-state index contributed by atoms with van der Waals surface area (Å²) in [7, 11) is 0. The molecule has 0 atom stereocenters. The van der Waals surface area contributed by atoms with Crippen LogP contribution in [0.5, 0.6) is 0 Å². The Morgan fingerprint density at radius 3 is 2.29 bits per heavy atom. The molecule has 2 nitrogen and oxygen atoms in total. The predicted octanol–water partition coefficient (Wildman–Crippen LogP) is 3.19. The first kappa shape index (κ1) is 12.7. The number of hydrogen-bond donors (Lipinski definition) is 1. The van der Waals surface area contributed by atoms with Crippen LogP contribution in [0.1, 0.15) is 33.8 Å². The lowest BCUT2D eigenvalue weighted by Gasteiger charge is -2.21. The van der Waals surface area contributed by atoms with Gasteiger partial charge in [0.05, 0.1) is 0 Å². The van der Waals surface area contributed by atoms with Gasteiger partial charge >= 0.3 is 0 Å². The van der Waals surface area contributed by atoms with Crippen LogP contribution >= 0.6 is 0 Å². The topological polar surface area (TPSA) is 29.1 Å². The van der Waals surface area contributed by atoms with Gasteiger partial charge in [0, 0.05) is 5.69 Å². The highest BCUT2D eigenvalue weighted by Crippen LogP contribution is 2.28. The summed E-state index contributed by atoms with van der Waals surface area (Å²) in [5.74, 6) is 0. The summed E-state index contributed by atoms with van der Waals surface area (Å²) in [5.41, 5.74) is 2.11. The highest BCUT2D eigenvalue weighted by atomic mass is 16.1. The van der Waals surface area contributed by atoms with Crippen molar-refractivity contribution in [2.24, 2.45) is 0 Å². The minimum Gasteiger partial charge on any atom is -0.328 e. The van der Waals surface area contributed by atoms with Gasteiger partial charge in [-0.25, -0.2) is 0 Å². The maximum Gasteiger partial charge on any atom is 0.211 e. The molecule has 0 spiro atoms. The van der Waals surface area contributed by atoms with Crippen molar-refractivity contribution in [1.82, 2.24) is 0 Å². The van der Waals surface area contributed by atoms with Crippen molar-refractivity contribution in [2.75, 3.05) is 5.32 Å². The number of nitrogens with one attached hydrogen (secondary N) is 1. The number of carbonyl (C=O) groups excluding carboxylic acids is 1. The molecule has 0 aliphatic carbocycles. The lowest BCUT2D eigenvalue weighted by molar-refractivity contribution is -0.105. The number of rotatable bonds is 2. The Kier molecular flexibility index (Phi) is 4.35. The van der Waals surface area contributed by atoms with Gasteiger partial charge in [0.15, 0.2) is 0 Å². The third-order valence-electron chi connectivity index (χ3n) is 1.95. The average molecular weight is 193 g/mol. The van der Waals surface area contributed by atoms with Crippen LogP contribution in [0.2, 0.25) is 0 Å². The lowest BCUT2D eigenvalue weighted by Crippen LogP contribution is -2.14. The van der Waals surface area contributed by atoms with Gasteiger partial charge < -0.3 is 5.32 Å². The molecule has 1 aromatic rings. The van der Waals surface area contributed by atoms with Gasteiger partial charge in [0.2, 0.25) is 6.41 Å². The van der Waals surface area contributed by atoms with Crippen LogP contribution < -0.4 is 5.32 Å². The smallest absolute Gasteiger partial charge is 0.211 e. The van der Waals surface area contributed by atoms with E-state index in [0.29, 0.717) is 6.41 Å². The summed E-state index contributed by atoms with van der Waals surface area (Å²) in [4.78, 5) is 10.3. The molecule has 0 bridgehead atoms. The minimum atomic E-state index is 0. The Labute approximate surface area is 86.3 Å². The van der Waals surface area contributed by atoms with E-state index in [4.69, 9.17) is 0 Å². The SMILES string of the molecule is C.CC(C)(C)c1ccccc1NC=O. The van der Waals surface area contributed by atoms with Crippen LogP contribution in [0.15, 0.2) is 24.3 Å². The summed E-state index contributed by atoms with van der Waals surface area (Å²) in [5, 5.41) is 2.70. The largest absolute Gasteiger partial charge is 0.328 e. The van der Waals surface area contributed by atoms with Crippen molar-refractivity contribution >= 4 is 12.1 Å². The second-order valence-corrected chi connectivity index (χ2v) is 4.06. The molecule has 14 heavy (non-hydrogen) atoms. The molecule has 1 amide bonds. The Morgan fingerprint density at radius 2 is 1.79 bits per heavy atom. The average Bonchev–Trinajstić information content (AvgIpc) is 2.04. The number of anilines is 1. The van der Waals surface area contributed by atoms with Crippen molar-refractivity contribution in [2.45, 2.75) is 33.6 Å². The van der Waals surface area contributed by atoms with Crippen LogP contribution in [0.4, 0.5) is 5.69 Å². The molecule has 0 fully saturated rings. The molecule has 0 aromatic heterocycles. The highest BCUT2D eigenvalue weighted by Gasteiger charge is 2.16. The molecule has 78 valence electrons. The number of para-hydroxylation sites is 1. The van der Waals surface area contributed by atoms with Crippen molar-refractivity contribution in [1.29, 1.82) is 0 Å². The van der Waals surface area contributed by atoms with Crippen LogP contribution in [0.3, 0.4) is 0 Å². The second-order valence-electron chi connectivity index (χ2n) is 4.06. The fraction of sp³-hybridized carbons (Fsp3) is 0.417. The predicted molar refractivity (Wildman–Crippen MR) is 61.6 cm³/mol. The Balaban J connectivity index is 0.00000169. The van der Waals surface area contributed by atoms with Gasteiger partial charge in [-0.2, -0.15) is 0 Å². The van der Waals surface area contributed by atoms with E-state index in [9.17, 15) is 4.79 Å². The molecule has 0 saturated carbocycles. The number of amides is 1. The molecular weight excluding hydrogens is 174 g/mol. The van der Waals surface area contributed by atoms with E-state index in [0.717, 1.165) is 11.3 Å². The van der Waals surface area contributed by atoms with E-state index in [1.807, 2.05) is 24.3 Å². The highest BCUT2D eigenvalue weighted by molar-refractivity contribution is 5.74. The Bertz CT molecular complexity index is 299. The maximum atomic E-state index is 10.3. The number of carbonyl (C=O) groups is 1. The van der Waals surface area contributed by atoms with Crippen LogP contribution in [-0.2, 0) is 10.2 Å². The van der Waals surface area contributed by atoms with E-state index in [2.05, 4.69) is 26.1 Å². The van der Waals surface area contributed by atoms with Gasteiger partial charge in [-0.15, -0.1) is 0 Å². The van der Waals surface area contributed by atoms with Crippen molar-refractivity contribution in [3.8, 4) is 0 Å². The maximum absolute atomic E-state index is 10.3. The zero-order valence-corrected chi connectivity index (χ0v) is 8.29. The zero-order chi connectivity index (χ0) is 9.90. The van der Waals surface area contributed by atoms with Crippen LogP contribution in [0.25, 0.3) is 0 Å². The number of benzene rings is 1. The van der Waals surface area contributed by atoms with E-state index >= 15 is 0 Å². The quantitative estimate of drug-likeness (QED) is 0.718. The first-order valence-corrected chi connectivity index (χ1v) is 4.35. The molecule has 0 heterocycles. The van der Waals surface area contributed by atoms with E-state index in [-0.39, 0.29) is 12.8 Å². The lowest BCUT2D eigenvalue weighted by atomic mass is 9.86. The van der Waals surface area contributed by atoms with Crippen molar-refractivity contribution in [3.05, 3.63) is 29.8 Å². The molecule has 1 aromatic carbocycles. The first-order valence-electron chi connectivity index (χ1n) is 4.35. The monoisotopic (exact) mass is 193 g/mol. The first-order chi connectivity index (χ1) is 6.05. The fourth-order valence-electron chi connectivity index (χ4n) is 1.33. The summed E-state index contributed by atoms with van der Waals surface area (Å²) < 4.78 is 0. The fourth-order valence-corrected chi connectivity index (χ4v) is 1.33. The molecule has 0 radical (unpaired) electrons. The molecule has 0 aliphatic rings. The van der Waals surface area contributed by atoms with Gasteiger partial charge in [-0.1, -0.05) is 46.4 Å². The van der Waals surface area contributed by atoms with Gasteiger partial charge in [-0.3, -0.25) is 4.79 Å².